The number of thioether (sulfide) groups is 1. The van der Waals surface area contributed by atoms with E-state index in [1.807, 2.05) is 67.6 Å². The van der Waals surface area contributed by atoms with Crippen molar-refractivity contribution >= 4 is 34.7 Å². The Morgan fingerprint density at radius 1 is 1.04 bits per heavy atom. The fourth-order valence-corrected chi connectivity index (χ4v) is 3.19. The predicted molar refractivity (Wildman–Crippen MR) is 103 cm³/mol. The zero-order valence-electron chi connectivity index (χ0n) is 13.8. The Labute approximate surface area is 151 Å². The van der Waals surface area contributed by atoms with Crippen LogP contribution in [0.5, 0.6) is 0 Å². The Morgan fingerprint density at radius 3 is 2.52 bits per heavy atom. The van der Waals surface area contributed by atoms with Gasteiger partial charge in [-0.1, -0.05) is 60.7 Å². The van der Waals surface area contributed by atoms with E-state index in [2.05, 4.69) is 5.32 Å². The number of hydrogen-bond donors (Lipinski definition) is 1. The second kappa shape index (κ2) is 7.85. The second-order valence-electron chi connectivity index (χ2n) is 5.55. The molecule has 0 aliphatic carbocycles. The molecule has 0 saturated carbocycles. The molecule has 4 nitrogen and oxygen atoms in total. The molecule has 2 aromatic carbocycles. The van der Waals surface area contributed by atoms with E-state index in [0.29, 0.717) is 4.91 Å². The average Bonchev–Trinajstić information content (AvgIpc) is 2.89. The smallest absolute Gasteiger partial charge is 0.295 e. The SMILES string of the molecule is Cc1ccccc1NCN1C(=O)SC(=CC=Cc2ccccc2)C1=O. The van der Waals surface area contributed by atoms with Gasteiger partial charge < -0.3 is 5.32 Å². The van der Waals surface area contributed by atoms with Gasteiger partial charge in [-0.25, -0.2) is 0 Å². The van der Waals surface area contributed by atoms with Gasteiger partial charge in [-0.05, 0) is 42.0 Å². The van der Waals surface area contributed by atoms with E-state index in [0.717, 1.165) is 28.6 Å². The summed E-state index contributed by atoms with van der Waals surface area (Å²) in [7, 11) is 0. The minimum absolute atomic E-state index is 0.162. The van der Waals surface area contributed by atoms with Crippen LogP contribution in [-0.4, -0.2) is 22.7 Å². The average molecular weight is 350 g/mol. The highest BCUT2D eigenvalue weighted by molar-refractivity contribution is 8.18. The second-order valence-corrected chi connectivity index (χ2v) is 6.54. The summed E-state index contributed by atoms with van der Waals surface area (Å²) < 4.78 is 0. The van der Waals surface area contributed by atoms with Gasteiger partial charge in [0.2, 0.25) is 0 Å². The summed E-state index contributed by atoms with van der Waals surface area (Å²) in [5, 5.41) is 2.89. The Kier molecular flexibility index (Phi) is 5.36. The summed E-state index contributed by atoms with van der Waals surface area (Å²) in [5.41, 5.74) is 3.02. The zero-order chi connectivity index (χ0) is 17.6. The van der Waals surface area contributed by atoms with E-state index in [-0.39, 0.29) is 17.8 Å². The fourth-order valence-electron chi connectivity index (χ4n) is 2.40. The molecule has 1 aliphatic heterocycles. The van der Waals surface area contributed by atoms with Gasteiger partial charge >= 0.3 is 0 Å². The van der Waals surface area contributed by atoms with Gasteiger partial charge in [0.05, 0.1) is 11.6 Å². The molecule has 5 heteroatoms. The molecule has 0 unspecified atom stereocenters. The molecule has 0 aromatic heterocycles. The lowest BCUT2D eigenvalue weighted by Gasteiger charge is -2.15. The molecule has 1 N–H and O–H groups in total. The highest BCUT2D eigenvalue weighted by atomic mass is 32.2. The minimum Gasteiger partial charge on any atom is -0.367 e. The third-order valence-electron chi connectivity index (χ3n) is 3.78. The number of imide groups is 1. The molecule has 126 valence electrons. The van der Waals surface area contributed by atoms with Crippen LogP contribution in [0.4, 0.5) is 10.5 Å². The van der Waals surface area contributed by atoms with Crippen molar-refractivity contribution in [1.82, 2.24) is 4.90 Å². The molecule has 0 atom stereocenters. The van der Waals surface area contributed by atoms with Crippen molar-refractivity contribution in [2.75, 3.05) is 12.0 Å². The first-order valence-corrected chi connectivity index (χ1v) is 8.73. The van der Waals surface area contributed by atoms with Crippen LogP contribution in [0.15, 0.2) is 71.7 Å². The number of nitrogens with one attached hydrogen (secondary N) is 1. The van der Waals surface area contributed by atoms with Gasteiger partial charge in [-0.3, -0.25) is 14.5 Å². The third-order valence-corrected chi connectivity index (χ3v) is 4.71. The highest BCUT2D eigenvalue weighted by Crippen LogP contribution is 2.30. The molecule has 3 rings (SSSR count). The van der Waals surface area contributed by atoms with Crippen LogP contribution >= 0.6 is 11.8 Å². The van der Waals surface area contributed by atoms with E-state index in [9.17, 15) is 9.59 Å². The molecular weight excluding hydrogens is 332 g/mol. The molecule has 0 radical (unpaired) electrons. The minimum atomic E-state index is -0.270. The Bertz CT molecular complexity index is 844. The first-order valence-electron chi connectivity index (χ1n) is 7.92. The van der Waals surface area contributed by atoms with E-state index in [1.54, 1.807) is 12.2 Å². The van der Waals surface area contributed by atoms with E-state index in [1.165, 1.54) is 4.90 Å². The summed E-state index contributed by atoms with van der Waals surface area (Å²) in [5.74, 6) is -0.270. The summed E-state index contributed by atoms with van der Waals surface area (Å²) in [6.07, 6.45) is 5.38. The maximum absolute atomic E-state index is 12.4. The number of carbonyl (C=O) groups excluding carboxylic acids is 2. The normalized spacial score (nSPS) is 16.2. The number of allylic oxidation sites excluding steroid dienone is 2. The molecule has 1 aliphatic rings. The Morgan fingerprint density at radius 2 is 1.76 bits per heavy atom. The summed E-state index contributed by atoms with van der Waals surface area (Å²) >= 11 is 0.964. The number of benzene rings is 2. The van der Waals surface area contributed by atoms with Gasteiger partial charge in [0.1, 0.15) is 0 Å². The number of hydrogen-bond acceptors (Lipinski definition) is 4. The van der Waals surface area contributed by atoms with Crippen molar-refractivity contribution in [3.63, 3.8) is 0 Å². The van der Waals surface area contributed by atoms with E-state index < -0.39 is 0 Å². The molecule has 2 amide bonds. The van der Waals surface area contributed by atoms with Crippen LogP contribution in [0.25, 0.3) is 6.08 Å². The molecule has 2 aromatic rings. The summed E-state index contributed by atoms with van der Waals surface area (Å²) in [6.45, 7) is 2.14. The van der Waals surface area contributed by atoms with Crippen molar-refractivity contribution in [2.24, 2.45) is 0 Å². The molecule has 25 heavy (non-hydrogen) atoms. The van der Waals surface area contributed by atoms with Crippen LogP contribution in [0.3, 0.4) is 0 Å². The number of rotatable bonds is 5. The van der Waals surface area contributed by atoms with E-state index in [4.69, 9.17) is 0 Å². The van der Waals surface area contributed by atoms with Crippen LogP contribution in [0.1, 0.15) is 11.1 Å². The lowest BCUT2D eigenvalue weighted by atomic mass is 10.2. The lowest BCUT2D eigenvalue weighted by Crippen LogP contribution is -2.33. The summed E-state index contributed by atoms with van der Waals surface area (Å²) in [6, 6.07) is 17.6. The van der Waals surface area contributed by atoms with Gasteiger partial charge in [0.15, 0.2) is 0 Å². The van der Waals surface area contributed by atoms with Crippen LogP contribution in [0.2, 0.25) is 0 Å². The van der Waals surface area contributed by atoms with Crippen molar-refractivity contribution < 1.29 is 9.59 Å². The molecule has 1 heterocycles. The van der Waals surface area contributed by atoms with Crippen molar-refractivity contribution in [2.45, 2.75) is 6.92 Å². The lowest BCUT2D eigenvalue weighted by molar-refractivity contribution is -0.122. The molecule has 0 spiro atoms. The molecule has 0 bridgehead atoms. The van der Waals surface area contributed by atoms with Crippen molar-refractivity contribution in [3.05, 3.63) is 82.8 Å². The highest BCUT2D eigenvalue weighted by Gasteiger charge is 2.34. The van der Waals surface area contributed by atoms with Gasteiger partial charge in [-0.15, -0.1) is 0 Å². The Balaban J connectivity index is 1.65. The summed E-state index contributed by atoms with van der Waals surface area (Å²) in [4.78, 5) is 26.2. The molecule has 1 saturated heterocycles. The van der Waals surface area contributed by atoms with Crippen LogP contribution < -0.4 is 5.32 Å². The molecule has 1 fully saturated rings. The number of para-hydroxylation sites is 1. The van der Waals surface area contributed by atoms with Crippen LogP contribution in [0, 0.1) is 6.92 Å². The van der Waals surface area contributed by atoms with Gasteiger partial charge in [-0.2, -0.15) is 0 Å². The first-order chi connectivity index (χ1) is 12.1. The van der Waals surface area contributed by atoms with Crippen LogP contribution in [-0.2, 0) is 4.79 Å². The Hall–Kier alpha value is -2.79. The topological polar surface area (TPSA) is 49.4 Å². The number of amides is 2. The zero-order valence-corrected chi connectivity index (χ0v) is 14.6. The van der Waals surface area contributed by atoms with Gasteiger partial charge in [0.25, 0.3) is 11.1 Å². The number of aryl methyl sites for hydroxylation is 1. The standard InChI is InChI=1S/C20H18N2O2S/c1-15-8-5-6-12-17(15)21-14-22-19(23)18(25-20(22)24)13-7-11-16-9-3-2-4-10-16/h2-13,21H,14H2,1H3. The maximum atomic E-state index is 12.4. The monoisotopic (exact) mass is 350 g/mol. The number of anilines is 1. The van der Waals surface area contributed by atoms with E-state index >= 15 is 0 Å². The predicted octanol–water partition coefficient (Wildman–Crippen LogP) is 4.66. The molecular formula is C20H18N2O2S. The number of carbonyl (C=O) groups is 2. The quantitative estimate of drug-likeness (QED) is 0.797. The maximum Gasteiger partial charge on any atom is 0.295 e. The first kappa shape index (κ1) is 17.0. The number of nitrogens with zero attached hydrogens (tertiary/aromatic N) is 1. The largest absolute Gasteiger partial charge is 0.367 e. The van der Waals surface area contributed by atoms with Crippen molar-refractivity contribution in [1.29, 1.82) is 0 Å². The third kappa shape index (κ3) is 4.19. The fraction of sp³-hybridized carbons (Fsp3) is 0.100. The van der Waals surface area contributed by atoms with Crippen molar-refractivity contribution in [3.8, 4) is 0 Å². The van der Waals surface area contributed by atoms with Gasteiger partial charge in [0, 0.05) is 5.69 Å².